The molecule has 2 N–H and O–H groups in total. The molecule has 2 aliphatic rings. The zero-order chi connectivity index (χ0) is 17.3. The van der Waals surface area contributed by atoms with E-state index in [1.807, 2.05) is 0 Å². The summed E-state index contributed by atoms with van der Waals surface area (Å²) in [7, 11) is 0. The first-order valence-corrected chi connectivity index (χ1v) is 8.62. The Morgan fingerprint density at radius 3 is 2.96 bits per heavy atom. The topological polar surface area (TPSA) is 78.9 Å². The van der Waals surface area contributed by atoms with E-state index in [2.05, 4.69) is 21.2 Å². The van der Waals surface area contributed by atoms with Gasteiger partial charge < -0.3 is 9.84 Å². The molecule has 2 atom stereocenters. The Morgan fingerprint density at radius 1 is 1.42 bits per heavy atom. The maximum absolute atomic E-state index is 13.5. The summed E-state index contributed by atoms with van der Waals surface area (Å²) < 4.78 is 18.9. The molecule has 2 bridgehead atoms. The molecule has 6 nitrogen and oxygen atoms in total. The number of carboxylic acid groups (broad SMARTS) is 1. The molecular formula is C16H18BrFN2O4. The number of amides is 2. The summed E-state index contributed by atoms with van der Waals surface area (Å²) in [6.07, 6.45) is 2.27. The fraction of sp³-hybridized carbons (Fsp3) is 0.500. The van der Waals surface area contributed by atoms with Crippen molar-refractivity contribution in [2.24, 2.45) is 0 Å². The van der Waals surface area contributed by atoms with E-state index < -0.39 is 23.5 Å². The number of nitrogens with zero attached hydrogens (tertiary/aromatic N) is 1. The second kappa shape index (κ2) is 6.58. The third-order valence-electron chi connectivity index (χ3n) is 4.86. The summed E-state index contributed by atoms with van der Waals surface area (Å²) in [5.74, 6) is -0.491. The van der Waals surface area contributed by atoms with Crippen LogP contribution in [0.15, 0.2) is 22.7 Å². The lowest BCUT2D eigenvalue weighted by atomic mass is 9.89. The van der Waals surface area contributed by atoms with Crippen LogP contribution in [0.5, 0.6) is 0 Å². The Hall–Kier alpha value is -1.83. The smallest absolute Gasteiger partial charge is 0.411 e. The van der Waals surface area contributed by atoms with E-state index in [1.165, 1.54) is 17.0 Å². The highest BCUT2D eigenvalue weighted by atomic mass is 79.9. The largest absolute Gasteiger partial charge is 0.465 e. The van der Waals surface area contributed by atoms with E-state index in [4.69, 9.17) is 4.74 Å². The van der Waals surface area contributed by atoms with Gasteiger partial charge in [-0.15, -0.1) is 0 Å². The van der Waals surface area contributed by atoms with Crippen molar-refractivity contribution in [1.29, 1.82) is 0 Å². The van der Waals surface area contributed by atoms with Gasteiger partial charge in [0.15, 0.2) is 0 Å². The maximum Gasteiger partial charge on any atom is 0.411 e. The third kappa shape index (κ3) is 3.07. The molecule has 0 unspecified atom stereocenters. The molecule has 130 valence electrons. The normalized spacial score (nSPS) is 25.4. The summed E-state index contributed by atoms with van der Waals surface area (Å²) in [6.45, 7) is 0.00850. The molecule has 0 aromatic heterocycles. The van der Waals surface area contributed by atoms with Gasteiger partial charge in [-0.3, -0.25) is 10.2 Å². The van der Waals surface area contributed by atoms with Crippen LogP contribution in [0.3, 0.4) is 0 Å². The number of ether oxygens (including phenoxy) is 1. The first-order chi connectivity index (χ1) is 11.4. The zero-order valence-corrected chi connectivity index (χ0v) is 14.5. The van der Waals surface area contributed by atoms with Gasteiger partial charge in [0.2, 0.25) is 0 Å². The van der Waals surface area contributed by atoms with Gasteiger partial charge in [0, 0.05) is 6.04 Å². The summed E-state index contributed by atoms with van der Waals surface area (Å²) >= 11 is 3.06. The predicted octanol–water partition coefficient (Wildman–Crippen LogP) is 4.20. The number of fused-ring (bicyclic) bond motifs is 2. The molecule has 0 spiro atoms. The van der Waals surface area contributed by atoms with Gasteiger partial charge in [0.1, 0.15) is 12.4 Å². The molecule has 3 rings (SSSR count). The lowest BCUT2D eigenvalue weighted by Gasteiger charge is -2.42. The quantitative estimate of drug-likeness (QED) is 0.796. The monoisotopic (exact) mass is 400 g/mol. The highest BCUT2D eigenvalue weighted by Gasteiger charge is 2.52. The van der Waals surface area contributed by atoms with Crippen LogP contribution < -0.4 is 5.32 Å². The number of hydrogen-bond donors (Lipinski definition) is 2. The average Bonchev–Trinajstić information content (AvgIpc) is 2.77. The standard InChI is InChI=1S/C16H18BrFN2O4/c17-13-11(18)4-1-5-12(13)19-14(21)24-9-16-7-2-3-10(6-8-16)20(16)15(22)23/h1,4-5,10H,2-3,6-9H2,(H,19,21)(H,22,23)/t10-,16+/m1/s1. The van der Waals surface area contributed by atoms with Crippen LogP contribution in [0, 0.1) is 5.82 Å². The molecule has 2 fully saturated rings. The summed E-state index contributed by atoms with van der Waals surface area (Å²) in [5, 5.41) is 11.9. The first-order valence-electron chi connectivity index (χ1n) is 7.83. The molecule has 2 amide bonds. The van der Waals surface area contributed by atoms with Crippen LogP contribution in [-0.4, -0.2) is 40.4 Å². The van der Waals surface area contributed by atoms with Crippen molar-refractivity contribution in [2.45, 2.75) is 43.7 Å². The molecule has 2 saturated heterocycles. The lowest BCUT2D eigenvalue weighted by molar-refractivity contribution is 0.0110. The van der Waals surface area contributed by atoms with E-state index in [0.717, 1.165) is 19.3 Å². The van der Waals surface area contributed by atoms with Gasteiger partial charge in [-0.05, 0) is 60.2 Å². The van der Waals surface area contributed by atoms with Gasteiger partial charge in [-0.1, -0.05) is 6.07 Å². The van der Waals surface area contributed by atoms with Crippen LogP contribution in [0.25, 0.3) is 0 Å². The summed E-state index contributed by atoms with van der Waals surface area (Å²) in [5.41, 5.74) is -0.369. The predicted molar refractivity (Wildman–Crippen MR) is 88.5 cm³/mol. The minimum Gasteiger partial charge on any atom is -0.465 e. The lowest BCUT2D eigenvalue weighted by Crippen LogP contribution is -2.55. The van der Waals surface area contributed by atoms with E-state index in [0.29, 0.717) is 12.8 Å². The molecule has 1 aromatic rings. The number of nitrogens with one attached hydrogen (secondary N) is 1. The van der Waals surface area contributed by atoms with Crippen molar-refractivity contribution >= 4 is 33.8 Å². The molecule has 0 aliphatic carbocycles. The Morgan fingerprint density at radius 2 is 2.21 bits per heavy atom. The minimum atomic E-state index is -0.964. The fourth-order valence-electron chi connectivity index (χ4n) is 3.78. The van der Waals surface area contributed by atoms with Crippen LogP contribution in [0.4, 0.5) is 19.7 Å². The highest BCUT2D eigenvalue weighted by molar-refractivity contribution is 9.10. The first kappa shape index (κ1) is 17.0. The molecule has 8 heteroatoms. The van der Waals surface area contributed by atoms with Crippen LogP contribution >= 0.6 is 15.9 Å². The van der Waals surface area contributed by atoms with Gasteiger partial charge in [0.05, 0.1) is 15.7 Å². The third-order valence-corrected chi connectivity index (χ3v) is 5.67. The molecule has 1 aromatic carbocycles. The number of hydrogen-bond acceptors (Lipinski definition) is 3. The number of carbonyl (C=O) groups excluding carboxylic acids is 1. The van der Waals surface area contributed by atoms with Crippen molar-refractivity contribution < 1.29 is 23.8 Å². The maximum atomic E-state index is 13.5. The number of benzene rings is 1. The van der Waals surface area contributed by atoms with Crippen molar-refractivity contribution in [3.05, 3.63) is 28.5 Å². The number of carbonyl (C=O) groups is 2. The summed E-state index contributed by atoms with van der Waals surface area (Å²) in [6, 6.07) is 4.30. The van der Waals surface area contributed by atoms with Crippen molar-refractivity contribution in [2.75, 3.05) is 11.9 Å². The molecule has 0 radical (unpaired) electrons. The van der Waals surface area contributed by atoms with Crippen LogP contribution in [0.2, 0.25) is 0 Å². The Bertz CT molecular complexity index is 667. The average molecular weight is 401 g/mol. The second-order valence-corrected chi connectivity index (χ2v) is 7.06. The molecular weight excluding hydrogens is 383 g/mol. The van der Waals surface area contributed by atoms with E-state index in [1.54, 1.807) is 6.07 Å². The van der Waals surface area contributed by atoms with Gasteiger partial charge in [-0.2, -0.15) is 0 Å². The van der Waals surface area contributed by atoms with E-state index in [9.17, 15) is 19.1 Å². The molecule has 2 aliphatic heterocycles. The van der Waals surface area contributed by atoms with Crippen molar-refractivity contribution in [1.82, 2.24) is 4.90 Å². The highest BCUT2D eigenvalue weighted by Crippen LogP contribution is 2.44. The molecule has 24 heavy (non-hydrogen) atoms. The number of piperidine rings is 1. The van der Waals surface area contributed by atoms with Crippen LogP contribution in [-0.2, 0) is 4.74 Å². The van der Waals surface area contributed by atoms with Crippen molar-refractivity contribution in [3.63, 3.8) is 0 Å². The Labute approximate surface area is 147 Å². The summed E-state index contributed by atoms with van der Waals surface area (Å²) in [4.78, 5) is 25.0. The van der Waals surface area contributed by atoms with Gasteiger partial charge in [0.25, 0.3) is 0 Å². The Balaban J connectivity index is 1.65. The molecule has 2 heterocycles. The number of anilines is 1. The SMILES string of the molecule is O=C(Nc1cccc(F)c1Br)OC[C@]12CCC[C@H](CC1)N2C(=O)O. The minimum absolute atomic E-state index is 0.00850. The van der Waals surface area contributed by atoms with Gasteiger partial charge >= 0.3 is 12.2 Å². The van der Waals surface area contributed by atoms with Crippen LogP contribution in [0.1, 0.15) is 32.1 Å². The number of rotatable bonds is 3. The number of halogens is 2. The van der Waals surface area contributed by atoms with Gasteiger partial charge in [-0.25, -0.2) is 14.0 Å². The van der Waals surface area contributed by atoms with E-state index in [-0.39, 0.29) is 22.8 Å². The second-order valence-electron chi connectivity index (χ2n) is 6.26. The van der Waals surface area contributed by atoms with Crippen molar-refractivity contribution in [3.8, 4) is 0 Å². The zero-order valence-electron chi connectivity index (χ0n) is 12.9. The fourth-order valence-corrected chi connectivity index (χ4v) is 4.14. The molecule has 0 saturated carbocycles. The Kier molecular flexibility index (Phi) is 4.67. The van der Waals surface area contributed by atoms with E-state index >= 15 is 0 Å².